The molecule has 0 radical (unpaired) electrons. The zero-order valence-corrected chi connectivity index (χ0v) is 12.4. The fourth-order valence-corrected chi connectivity index (χ4v) is 2.30. The van der Waals surface area contributed by atoms with Crippen LogP contribution in [0, 0.1) is 5.82 Å². The molecule has 2 rings (SSSR count). The summed E-state index contributed by atoms with van der Waals surface area (Å²) >= 11 is 3.26. The Hall–Kier alpha value is -1.20. The third-order valence-corrected chi connectivity index (χ3v) is 3.52. The van der Waals surface area contributed by atoms with Crippen molar-refractivity contribution in [3.8, 4) is 0 Å². The SMILES string of the molecule is CC(NCCCc1ncc[nH]1)c1ccc(Br)cc1F. The summed E-state index contributed by atoms with van der Waals surface area (Å²) in [6.07, 6.45) is 5.44. The standard InChI is InChI=1S/C14H17BrFN3/c1-10(12-5-4-11(15)9-13(12)16)17-6-2-3-14-18-7-8-19-14/h4-5,7-10,17H,2-3,6H2,1H3,(H,18,19). The van der Waals surface area contributed by atoms with Gasteiger partial charge in [0.15, 0.2) is 0 Å². The van der Waals surface area contributed by atoms with Gasteiger partial charge in [-0.15, -0.1) is 0 Å². The third kappa shape index (κ3) is 4.14. The number of aryl methyl sites for hydroxylation is 1. The van der Waals surface area contributed by atoms with Crippen molar-refractivity contribution in [2.75, 3.05) is 6.54 Å². The molecule has 0 aliphatic rings. The van der Waals surface area contributed by atoms with E-state index in [9.17, 15) is 4.39 Å². The minimum absolute atomic E-state index is 0.00435. The Morgan fingerprint density at radius 1 is 1.47 bits per heavy atom. The molecule has 1 heterocycles. The van der Waals surface area contributed by atoms with Gasteiger partial charge in [-0.2, -0.15) is 0 Å². The van der Waals surface area contributed by atoms with Gasteiger partial charge in [0, 0.05) is 34.9 Å². The smallest absolute Gasteiger partial charge is 0.129 e. The van der Waals surface area contributed by atoms with E-state index >= 15 is 0 Å². The second kappa shape index (κ2) is 6.82. The Balaban J connectivity index is 1.79. The maximum absolute atomic E-state index is 13.7. The molecule has 5 heteroatoms. The maximum atomic E-state index is 13.7. The first-order chi connectivity index (χ1) is 9.16. The molecule has 0 saturated carbocycles. The highest BCUT2D eigenvalue weighted by Gasteiger charge is 2.10. The molecule has 2 aromatic rings. The normalized spacial score (nSPS) is 12.6. The number of H-pyrrole nitrogens is 1. The number of benzene rings is 1. The molecule has 0 spiro atoms. The maximum Gasteiger partial charge on any atom is 0.129 e. The molecular weight excluding hydrogens is 309 g/mol. The Morgan fingerprint density at radius 3 is 3.00 bits per heavy atom. The number of aromatic amines is 1. The van der Waals surface area contributed by atoms with Crippen molar-refractivity contribution in [3.63, 3.8) is 0 Å². The minimum atomic E-state index is -0.180. The quantitative estimate of drug-likeness (QED) is 0.797. The summed E-state index contributed by atoms with van der Waals surface area (Å²) in [6.45, 7) is 2.80. The van der Waals surface area contributed by atoms with Crippen LogP contribution in [0.5, 0.6) is 0 Å². The number of halogens is 2. The van der Waals surface area contributed by atoms with E-state index in [1.165, 1.54) is 6.07 Å². The molecule has 0 aliphatic carbocycles. The molecule has 0 fully saturated rings. The number of nitrogens with one attached hydrogen (secondary N) is 2. The zero-order valence-electron chi connectivity index (χ0n) is 10.8. The van der Waals surface area contributed by atoms with E-state index in [1.807, 2.05) is 25.3 Å². The second-order valence-corrected chi connectivity index (χ2v) is 5.40. The molecule has 0 amide bonds. The van der Waals surface area contributed by atoms with Crippen LogP contribution in [0.25, 0.3) is 0 Å². The lowest BCUT2D eigenvalue weighted by atomic mass is 10.1. The van der Waals surface area contributed by atoms with E-state index in [4.69, 9.17) is 0 Å². The zero-order chi connectivity index (χ0) is 13.7. The van der Waals surface area contributed by atoms with E-state index in [0.29, 0.717) is 5.56 Å². The van der Waals surface area contributed by atoms with Gasteiger partial charge >= 0.3 is 0 Å². The minimum Gasteiger partial charge on any atom is -0.349 e. The Morgan fingerprint density at radius 2 is 2.32 bits per heavy atom. The molecule has 1 atom stereocenters. The molecule has 1 aromatic heterocycles. The highest BCUT2D eigenvalue weighted by Crippen LogP contribution is 2.20. The summed E-state index contributed by atoms with van der Waals surface area (Å²) in [4.78, 5) is 7.23. The monoisotopic (exact) mass is 325 g/mol. The van der Waals surface area contributed by atoms with Crippen LogP contribution in [0.15, 0.2) is 35.1 Å². The van der Waals surface area contributed by atoms with Gasteiger partial charge in [-0.25, -0.2) is 9.37 Å². The lowest BCUT2D eigenvalue weighted by Gasteiger charge is -2.15. The first-order valence-corrected chi connectivity index (χ1v) is 7.12. The van der Waals surface area contributed by atoms with Crippen molar-refractivity contribution in [1.29, 1.82) is 0 Å². The summed E-state index contributed by atoms with van der Waals surface area (Å²) in [5, 5.41) is 3.32. The van der Waals surface area contributed by atoms with Crippen molar-refractivity contribution in [3.05, 3.63) is 52.3 Å². The molecule has 1 aromatic carbocycles. The number of aromatic nitrogens is 2. The predicted octanol–water partition coefficient (Wildman–Crippen LogP) is 3.59. The molecule has 0 bridgehead atoms. The van der Waals surface area contributed by atoms with E-state index in [1.54, 1.807) is 6.20 Å². The fraction of sp³-hybridized carbons (Fsp3) is 0.357. The van der Waals surface area contributed by atoms with Crippen LogP contribution in [-0.4, -0.2) is 16.5 Å². The molecule has 3 nitrogen and oxygen atoms in total. The number of rotatable bonds is 6. The third-order valence-electron chi connectivity index (χ3n) is 3.02. The van der Waals surface area contributed by atoms with Crippen molar-refractivity contribution in [2.24, 2.45) is 0 Å². The van der Waals surface area contributed by atoms with Gasteiger partial charge in [-0.3, -0.25) is 0 Å². The molecule has 1 unspecified atom stereocenters. The Labute approximate surface area is 120 Å². The van der Waals surface area contributed by atoms with Crippen LogP contribution < -0.4 is 5.32 Å². The molecule has 0 aliphatic heterocycles. The van der Waals surface area contributed by atoms with Crippen LogP contribution in [0.2, 0.25) is 0 Å². The van der Waals surface area contributed by atoms with Gasteiger partial charge in [-0.1, -0.05) is 22.0 Å². The summed E-state index contributed by atoms with van der Waals surface area (Å²) in [5.41, 5.74) is 0.696. The highest BCUT2D eigenvalue weighted by molar-refractivity contribution is 9.10. The average molecular weight is 326 g/mol. The van der Waals surface area contributed by atoms with Gasteiger partial charge < -0.3 is 10.3 Å². The van der Waals surface area contributed by atoms with Crippen molar-refractivity contribution in [1.82, 2.24) is 15.3 Å². The van der Waals surface area contributed by atoms with Crippen molar-refractivity contribution < 1.29 is 4.39 Å². The average Bonchev–Trinajstić information content (AvgIpc) is 2.87. The highest BCUT2D eigenvalue weighted by atomic mass is 79.9. The number of hydrogen-bond donors (Lipinski definition) is 2. The Bertz CT molecular complexity index is 513. The van der Waals surface area contributed by atoms with Gasteiger partial charge in [-0.05, 0) is 32.0 Å². The van der Waals surface area contributed by atoms with E-state index in [2.05, 4.69) is 31.2 Å². The number of hydrogen-bond acceptors (Lipinski definition) is 2. The number of nitrogens with zero attached hydrogens (tertiary/aromatic N) is 1. The molecule has 0 saturated heterocycles. The molecule has 2 N–H and O–H groups in total. The van der Waals surface area contributed by atoms with Gasteiger partial charge in [0.05, 0.1) is 0 Å². The van der Waals surface area contributed by atoms with Crippen LogP contribution in [0.3, 0.4) is 0 Å². The van der Waals surface area contributed by atoms with E-state index in [0.717, 1.165) is 29.7 Å². The van der Waals surface area contributed by atoms with E-state index in [-0.39, 0.29) is 11.9 Å². The van der Waals surface area contributed by atoms with Crippen LogP contribution >= 0.6 is 15.9 Å². The van der Waals surface area contributed by atoms with Crippen LogP contribution in [0.1, 0.15) is 30.8 Å². The Kier molecular flexibility index (Phi) is 5.10. The van der Waals surface area contributed by atoms with Crippen LogP contribution in [-0.2, 0) is 6.42 Å². The van der Waals surface area contributed by atoms with Crippen molar-refractivity contribution >= 4 is 15.9 Å². The molecule has 19 heavy (non-hydrogen) atoms. The topological polar surface area (TPSA) is 40.7 Å². The van der Waals surface area contributed by atoms with Gasteiger partial charge in [0.1, 0.15) is 11.6 Å². The van der Waals surface area contributed by atoms with E-state index < -0.39 is 0 Å². The summed E-state index contributed by atoms with van der Waals surface area (Å²) in [5.74, 6) is 0.810. The molecule has 102 valence electrons. The van der Waals surface area contributed by atoms with Gasteiger partial charge in [0.25, 0.3) is 0 Å². The summed E-state index contributed by atoms with van der Waals surface area (Å²) < 4.78 is 14.5. The van der Waals surface area contributed by atoms with Gasteiger partial charge in [0.2, 0.25) is 0 Å². The van der Waals surface area contributed by atoms with Crippen molar-refractivity contribution in [2.45, 2.75) is 25.8 Å². The first kappa shape index (κ1) is 14.2. The largest absolute Gasteiger partial charge is 0.349 e. The fourth-order valence-electron chi connectivity index (χ4n) is 1.97. The first-order valence-electron chi connectivity index (χ1n) is 6.33. The lowest BCUT2D eigenvalue weighted by Crippen LogP contribution is -2.21. The number of imidazole rings is 1. The van der Waals surface area contributed by atoms with Crippen LogP contribution in [0.4, 0.5) is 4.39 Å². The molecular formula is C14H17BrFN3. The lowest BCUT2D eigenvalue weighted by molar-refractivity contribution is 0.519. The predicted molar refractivity (Wildman–Crippen MR) is 77.4 cm³/mol. The second-order valence-electron chi connectivity index (χ2n) is 4.48. The summed E-state index contributed by atoms with van der Waals surface area (Å²) in [6, 6.07) is 5.17. The summed E-state index contributed by atoms with van der Waals surface area (Å²) in [7, 11) is 0.